The standard InChI is InChI=1S/C21H27N7O.HI/c22-20(26-11-13-27(14-12-26)21-23-8-2-9-24-21)25-15-17-4-6-18(7-5-17)16-28-10-1-3-19(28)29;/h2,4-9H,1,3,10-16H2,(H2,22,25);1H. The van der Waals surface area contributed by atoms with E-state index >= 15 is 0 Å². The summed E-state index contributed by atoms with van der Waals surface area (Å²) in [4.78, 5) is 31.1. The molecular weight excluding hydrogens is 493 g/mol. The average molecular weight is 521 g/mol. The second-order valence-electron chi connectivity index (χ2n) is 7.43. The second kappa shape index (κ2) is 10.6. The zero-order valence-corrected chi connectivity index (χ0v) is 19.3. The number of anilines is 1. The molecule has 0 saturated carbocycles. The maximum absolute atomic E-state index is 11.8. The van der Waals surface area contributed by atoms with Gasteiger partial charge in [0.25, 0.3) is 0 Å². The maximum atomic E-state index is 11.8. The maximum Gasteiger partial charge on any atom is 0.225 e. The van der Waals surface area contributed by atoms with E-state index in [1.807, 2.05) is 11.0 Å². The molecule has 0 radical (unpaired) electrons. The van der Waals surface area contributed by atoms with Crippen LogP contribution in [0.3, 0.4) is 0 Å². The highest BCUT2D eigenvalue weighted by Crippen LogP contribution is 2.15. The van der Waals surface area contributed by atoms with Crippen LogP contribution in [0.25, 0.3) is 0 Å². The summed E-state index contributed by atoms with van der Waals surface area (Å²) in [6.07, 6.45) is 5.17. The number of aliphatic imine (C=N–C) groups is 1. The van der Waals surface area contributed by atoms with Crippen LogP contribution in [-0.4, -0.2) is 64.4 Å². The van der Waals surface area contributed by atoms with Gasteiger partial charge in [0.05, 0.1) is 6.54 Å². The molecule has 3 heterocycles. The first-order chi connectivity index (χ1) is 14.2. The normalized spacial score (nSPS) is 17.3. The molecule has 0 spiro atoms. The number of nitrogens with zero attached hydrogens (tertiary/aromatic N) is 6. The van der Waals surface area contributed by atoms with Gasteiger partial charge >= 0.3 is 0 Å². The molecule has 1 aromatic carbocycles. The topological polar surface area (TPSA) is 91.0 Å². The Labute approximate surface area is 194 Å². The highest BCUT2D eigenvalue weighted by molar-refractivity contribution is 14.0. The van der Waals surface area contributed by atoms with Gasteiger partial charge in [-0.3, -0.25) is 4.79 Å². The van der Waals surface area contributed by atoms with Crippen LogP contribution in [0.4, 0.5) is 5.95 Å². The van der Waals surface area contributed by atoms with Crippen LogP contribution in [0.5, 0.6) is 0 Å². The van der Waals surface area contributed by atoms with Crippen molar-refractivity contribution >= 4 is 41.8 Å². The van der Waals surface area contributed by atoms with Crippen molar-refractivity contribution in [2.24, 2.45) is 10.7 Å². The van der Waals surface area contributed by atoms with E-state index in [4.69, 9.17) is 5.73 Å². The van der Waals surface area contributed by atoms with Gasteiger partial charge in [-0.1, -0.05) is 24.3 Å². The van der Waals surface area contributed by atoms with E-state index in [2.05, 4.69) is 49.0 Å². The lowest BCUT2D eigenvalue weighted by Crippen LogP contribution is -2.51. The number of aromatic nitrogens is 2. The van der Waals surface area contributed by atoms with Gasteiger partial charge in [-0.25, -0.2) is 15.0 Å². The van der Waals surface area contributed by atoms with Crippen molar-refractivity contribution in [1.29, 1.82) is 0 Å². The van der Waals surface area contributed by atoms with Crippen molar-refractivity contribution < 1.29 is 4.79 Å². The quantitative estimate of drug-likeness (QED) is 0.367. The predicted octanol–water partition coefficient (Wildman–Crippen LogP) is 1.85. The van der Waals surface area contributed by atoms with Crippen molar-refractivity contribution in [2.75, 3.05) is 37.6 Å². The largest absolute Gasteiger partial charge is 0.370 e. The van der Waals surface area contributed by atoms with Crippen LogP contribution in [0.2, 0.25) is 0 Å². The monoisotopic (exact) mass is 521 g/mol. The number of benzene rings is 1. The fourth-order valence-electron chi connectivity index (χ4n) is 3.70. The number of nitrogens with two attached hydrogens (primary N) is 1. The summed E-state index contributed by atoms with van der Waals surface area (Å²) in [6, 6.07) is 10.1. The highest BCUT2D eigenvalue weighted by atomic mass is 127. The van der Waals surface area contributed by atoms with Gasteiger partial charge in [-0.15, -0.1) is 24.0 Å². The summed E-state index contributed by atoms with van der Waals surface area (Å²) in [7, 11) is 0. The fraction of sp³-hybridized carbons (Fsp3) is 0.429. The minimum absolute atomic E-state index is 0. The number of likely N-dealkylation sites (tertiary alicyclic amines) is 1. The summed E-state index contributed by atoms with van der Waals surface area (Å²) in [5.41, 5.74) is 8.48. The lowest BCUT2D eigenvalue weighted by molar-refractivity contribution is -0.128. The first kappa shape index (κ1) is 22.3. The van der Waals surface area contributed by atoms with E-state index < -0.39 is 0 Å². The van der Waals surface area contributed by atoms with Crippen molar-refractivity contribution in [2.45, 2.75) is 25.9 Å². The molecule has 0 bridgehead atoms. The van der Waals surface area contributed by atoms with Crippen LogP contribution in [0, 0.1) is 0 Å². The van der Waals surface area contributed by atoms with Crippen molar-refractivity contribution in [3.05, 3.63) is 53.9 Å². The molecule has 0 unspecified atom stereocenters. The molecule has 0 atom stereocenters. The number of hydrogen-bond donors (Lipinski definition) is 1. The summed E-state index contributed by atoms with van der Waals surface area (Å²) in [5, 5.41) is 0. The van der Waals surface area contributed by atoms with Crippen molar-refractivity contribution in [1.82, 2.24) is 19.8 Å². The average Bonchev–Trinajstić information content (AvgIpc) is 3.18. The van der Waals surface area contributed by atoms with Crippen LogP contribution in [0.1, 0.15) is 24.0 Å². The fourth-order valence-corrected chi connectivity index (χ4v) is 3.70. The molecule has 2 aliphatic rings. The van der Waals surface area contributed by atoms with E-state index in [9.17, 15) is 4.79 Å². The van der Waals surface area contributed by atoms with E-state index in [-0.39, 0.29) is 29.9 Å². The third-order valence-electron chi connectivity index (χ3n) is 5.43. The minimum atomic E-state index is 0. The van der Waals surface area contributed by atoms with Gasteiger partial charge in [0, 0.05) is 58.1 Å². The first-order valence-electron chi connectivity index (χ1n) is 10.1. The molecule has 0 aliphatic carbocycles. The molecule has 4 rings (SSSR count). The Morgan fingerprint density at radius 1 is 1.00 bits per heavy atom. The van der Waals surface area contributed by atoms with E-state index in [0.717, 1.165) is 56.2 Å². The van der Waals surface area contributed by atoms with Crippen LogP contribution in [-0.2, 0) is 17.9 Å². The summed E-state index contributed by atoms with van der Waals surface area (Å²) < 4.78 is 0. The molecule has 8 nitrogen and oxygen atoms in total. The molecule has 2 aromatic rings. The van der Waals surface area contributed by atoms with Crippen LogP contribution < -0.4 is 10.6 Å². The van der Waals surface area contributed by atoms with Gasteiger partial charge in [0.1, 0.15) is 0 Å². The minimum Gasteiger partial charge on any atom is -0.370 e. The smallest absolute Gasteiger partial charge is 0.225 e. The van der Waals surface area contributed by atoms with E-state index in [1.165, 1.54) is 0 Å². The summed E-state index contributed by atoms with van der Waals surface area (Å²) in [5.74, 6) is 1.59. The third kappa shape index (κ3) is 5.59. The Kier molecular flexibility index (Phi) is 7.83. The molecule has 2 N–H and O–H groups in total. The number of hydrogen-bond acceptors (Lipinski definition) is 5. The Bertz CT molecular complexity index is 851. The lowest BCUT2D eigenvalue weighted by Gasteiger charge is -2.35. The molecule has 9 heteroatoms. The van der Waals surface area contributed by atoms with Gasteiger partial charge < -0.3 is 20.4 Å². The Balaban J connectivity index is 0.00000256. The molecule has 2 saturated heterocycles. The van der Waals surface area contributed by atoms with Gasteiger partial charge in [-0.2, -0.15) is 0 Å². The Morgan fingerprint density at radius 2 is 1.67 bits per heavy atom. The number of piperazine rings is 1. The zero-order chi connectivity index (χ0) is 20.1. The van der Waals surface area contributed by atoms with Crippen molar-refractivity contribution in [3.8, 4) is 0 Å². The second-order valence-corrected chi connectivity index (χ2v) is 7.43. The SMILES string of the molecule is I.NC(=NCc1ccc(CN2CCCC2=O)cc1)N1CCN(c2ncccn2)CC1. The number of rotatable bonds is 5. The number of halogens is 1. The zero-order valence-electron chi connectivity index (χ0n) is 17.0. The highest BCUT2D eigenvalue weighted by Gasteiger charge is 2.21. The number of amides is 1. The Hall–Kier alpha value is -2.43. The summed E-state index contributed by atoms with van der Waals surface area (Å²) in [6.45, 7) is 5.36. The van der Waals surface area contributed by atoms with Crippen LogP contribution >= 0.6 is 24.0 Å². The first-order valence-corrected chi connectivity index (χ1v) is 10.1. The van der Waals surface area contributed by atoms with Gasteiger partial charge in [0.15, 0.2) is 5.96 Å². The molecular formula is C21H28IN7O. The van der Waals surface area contributed by atoms with Crippen molar-refractivity contribution in [3.63, 3.8) is 0 Å². The molecule has 1 aromatic heterocycles. The van der Waals surface area contributed by atoms with Gasteiger partial charge in [0.2, 0.25) is 11.9 Å². The molecule has 2 fully saturated rings. The molecule has 1 amide bonds. The number of carbonyl (C=O) groups is 1. The van der Waals surface area contributed by atoms with Crippen LogP contribution in [0.15, 0.2) is 47.7 Å². The predicted molar refractivity (Wildman–Crippen MR) is 128 cm³/mol. The van der Waals surface area contributed by atoms with E-state index in [0.29, 0.717) is 25.5 Å². The molecule has 30 heavy (non-hydrogen) atoms. The summed E-state index contributed by atoms with van der Waals surface area (Å²) >= 11 is 0. The Morgan fingerprint density at radius 3 is 2.30 bits per heavy atom. The van der Waals surface area contributed by atoms with Gasteiger partial charge in [-0.05, 0) is 23.6 Å². The number of guanidine groups is 1. The molecule has 160 valence electrons. The van der Waals surface area contributed by atoms with E-state index in [1.54, 1.807) is 12.4 Å². The number of carbonyl (C=O) groups excluding carboxylic acids is 1. The third-order valence-corrected chi connectivity index (χ3v) is 5.43. The lowest BCUT2D eigenvalue weighted by atomic mass is 10.1. The molecule has 2 aliphatic heterocycles.